The summed E-state index contributed by atoms with van der Waals surface area (Å²) >= 11 is 12.0. The van der Waals surface area contributed by atoms with E-state index in [0.29, 0.717) is 28.3 Å². The Morgan fingerprint density at radius 2 is 2.07 bits per heavy atom. The number of terminal acetylenes is 1. The minimum Gasteiger partial charge on any atom is -0.376 e. The van der Waals surface area contributed by atoms with Crippen LogP contribution in [0.5, 0.6) is 0 Å². The SMILES string of the molecule is C#CC1(O)CCC(F)(F)c2c3c(nn2C1)C[C@@H](C)N(C(=O)c1ccc(Cl)c(Cl)c1)C3. The summed E-state index contributed by atoms with van der Waals surface area (Å²) in [5.74, 6) is -1.33. The lowest BCUT2D eigenvalue weighted by atomic mass is 9.94. The third-order valence-electron chi connectivity index (χ3n) is 5.79. The van der Waals surface area contributed by atoms with Crippen molar-refractivity contribution in [1.29, 1.82) is 0 Å². The van der Waals surface area contributed by atoms with Crippen molar-refractivity contribution in [3.8, 4) is 12.3 Å². The Bertz CT molecular complexity index is 1080. The number of halogens is 4. The highest BCUT2D eigenvalue weighted by Crippen LogP contribution is 2.43. The number of benzene rings is 1. The number of aliphatic hydroxyl groups is 1. The second-order valence-electron chi connectivity index (χ2n) is 7.93. The molecule has 0 bridgehead atoms. The van der Waals surface area contributed by atoms with Gasteiger partial charge in [-0.05, 0) is 31.5 Å². The van der Waals surface area contributed by atoms with Crippen molar-refractivity contribution in [2.75, 3.05) is 0 Å². The van der Waals surface area contributed by atoms with E-state index >= 15 is 8.78 Å². The first kappa shape index (κ1) is 21.1. The topological polar surface area (TPSA) is 58.4 Å². The zero-order chi connectivity index (χ0) is 21.8. The van der Waals surface area contributed by atoms with Gasteiger partial charge in [0.05, 0.1) is 28.8 Å². The lowest BCUT2D eigenvalue weighted by molar-refractivity contribution is -0.0302. The van der Waals surface area contributed by atoms with Crippen molar-refractivity contribution in [3.05, 3.63) is 50.8 Å². The predicted molar refractivity (Wildman–Crippen MR) is 109 cm³/mol. The first-order valence-corrected chi connectivity index (χ1v) is 10.2. The summed E-state index contributed by atoms with van der Waals surface area (Å²) in [6.07, 6.45) is 4.87. The van der Waals surface area contributed by atoms with Crippen molar-refractivity contribution in [2.45, 2.75) is 56.8 Å². The molecular formula is C21H19Cl2F2N3O2. The van der Waals surface area contributed by atoms with Crippen LogP contribution in [0.1, 0.15) is 47.1 Å². The smallest absolute Gasteiger partial charge is 0.289 e. The number of aromatic nitrogens is 2. The largest absolute Gasteiger partial charge is 0.376 e. The fourth-order valence-corrected chi connectivity index (χ4v) is 4.41. The number of alkyl halides is 2. The minimum absolute atomic E-state index is 0.0189. The Hall–Kier alpha value is -2.14. The van der Waals surface area contributed by atoms with Crippen LogP contribution in [0, 0.1) is 12.3 Å². The Balaban J connectivity index is 1.73. The molecule has 1 aromatic carbocycles. The van der Waals surface area contributed by atoms with Crippen LogP contribution >= 0.6 is 23.2 Å². The zero-order valence-corrected chi connectivity index (χ0v) is 17.6. The maximum atomic E-state index is 15.0. The highest BCUT2D eigenvalue weighted by atomic mass is 35.5. The van der Waals surface area contributed by atoms with Gasteiger partial charge in [0.25, 0.3) is 11.8 Å². The van der Waals surface area contributed by atoms with E-state index in [4.69, 9.17) is 29.6 Å². The van der Waals surface area contributed by atoms with E-state index in [0.717, 1.165) is 4.68 Å². The number of carbonyl (C=O) groups excluding carboxylic acids is 1. The second kappa shape index (κ2) is 7.23. The van der Waals surface area contributed by atoms with E-state index in [9.17, 15) is 9.90 Å². The summed E-state index contributed by atoms with van der Waals surface area (Å²) in [6, 6.07) is 4.28. The summed E-state index contributed by atoms with van der Waals surface area (Å²) in [5, 5.41) is 15.4. The van der Waals surface area contributed by atoms with Crippen molar-refractivity contribution in [2.24, 2.45) is 0 Å². The quantitative estimate of drug-likeness (QED) is 0.663. The number of carbonyl (C=O) groups is 1. The Kier molecular flexibility index (Phi) is 5.08. The van der Waals surface area contributed by atoms with E-state index in [1.165, 1.54) is 17.0 Å². The maximum Gasteiger partial charge on any atom is 0.289 e. The molecule has 9 heteroatoms. The number of hydrogen-bond acceptors (Lipinski definition) is 3. The van der Waals surface area contributed by atoms with Gasteiger partial charge in [-0.1, -0.05) is 29.1 Å². The summed E-state index contributed by atoms with van der Waals surface area (Å²) in [7, 11) is 0. The predicted octanol–water partition coefficient (Wildman–Crippen LogP) is 4.03. The third-order valence-corrected chi connectivity index (χ3v) is 6.53. The summed E-state index contributed by atoms with van der Waals surface area (Å²) in [5.41, 5.74) is -0.830. The number of hydrogen-bond donors (Lipinski definition) is 1. The standard InChI is InChI=1S/C21H19Cl2F2N3O2/c1-3-20(30)6-7-21(24,25)18-14-10-27(12(2)8-17(14)26-28(18)11-20)19(29)13-4-5-15(22)16(23)9-13/h1,4-5,9,12,30H,6-8,10-11H2,2H3/t12-,20?/m1/s1. The lowest BCUT2D eigenvalue weighted by Gasteiger charge is -2.34. The van der Waals surface area contributed by atoms with Crippen molar-refractivity contribution in [3.63, 3.8) is 0 Å². The van der Waals surface area contributed by atoms with Crippen molar-refractivity contribution >= 4 is 29.1 Å². The number of nitrogens with zero attached hydrogens (tertiary/aromatic N) is 3. The van der Waals surface area contributed by atoms with Gasteiger partial charge in [0, 0.05) is 30.0 Å². The molecule has 3 heterocycles. The molecule has 30 heavy (non-hydrogen) atoms. The van der Waals surface area contributed by atoms with Crippen LogP contribution in [-0.2, 0) is 25.4 Å². The minimum atomic E-state index is -3.22. The number of fused-ring (bicyclic) bond motifs is 3. The normalized spacial score (nSPS) is 25.1. The van der Waals surface area contributed by atoms with Crippen molar-refractivity contribution < 1.29 is 18.7 Å². The highest BCUT2D eigenvalue weighted by molar-refractivity contribution is 6.42. The van der Waals surface area contributed by atoms with Gasteiger partial charge in [-0.2, -0.15) is 13.9 Å². The molecule has 0 saturated heterocycles. The van der Waals surface area contributed by atoms with Gasteiger partial charge in [0.2, 0.25) is 0 Å². The van der Waals surface area contributed by atoms with E-state index in [2.05, 4.69) is 11.0 Å². The first-order chi connectivity index (χ1) is 14.0. The van der Waals surface area contributed by atoms with Crippen LogP contribution in [-0.4, -0.2) is 37.3 Å². The molecular weight excluding hydrogens is 435 g/mol. The molecule has 5 nitrogen and oxygen atoms in total. The third kappa shape index (κ3) is 3.47. The molecule has 2 aliphatic heterocycles. The Morgan fingerprint density at radius 1 is 1.33 bits per heavy atom. The molecule has 1 aromatic heterocycles. The number of rotatable bonds is 1. The molecule has 1 N–H and O–H groups in total. The highest BCUT2D eigenvalue weighted by Gasteiger charge is 2.47. The van der Waals surface area contributed by atoms with Crippen LogP contribution in [0.3, 0.4) is 0 Å². The first-order valence-electron chi connectivity index (χ1n) is 9.48. The average molecular weight is 454 g/mol. The molecule has 2 atom stereocenters. The van der Waals surface area contributed by atoms with Crippen LogP contribution < -0.4 is 0 Å². The monoisotopic (exact) mass is 453 g/mol. The molecule has 1 amide bonds. The van der Waals surface area contributed by atoms with Gasteiger partial charge in [-0.3, -0.25) is 9.48 Å². The molecule has 2 aromatic rings. The molecule has 4 rings (SSSR count). The van der Waals surface area contributed by atoms with Gasteiger partial charge in [-0.15, -0.1) is 6.42 Å². The summed E-state index contributed by atoms with van der Waals surface area (Å²) < 4.78 is 31.2. The van der Waals surface area contributed by atoms with E-state index < -0.39 is 17.9 Å². The van der Waals surface area contributed by atoms with Crippen LogP contribution in [0.2, 0.25) is 10.0 Å². The van der Waals surface area contributed by atoms with Gasteiger partial charge in [-0.25, -0.2) is 0 Å². The Morgan fingerprint density at radius 3 is 2.73 bits per heavy atom. The maximum absolute atomic E-state index is 15.0. The summed E-state index contributed by atoms with van der Waals surface area (Å²) in [4.78, 5) is 14.6. The van der Waals surface area contributed by atoms with Crippen LogP contribution in [0.15, 0.2) is 18.2 Å². The van der Waals surface area contributed by atoms with Crippen molar-refractivity contribution in [1.82, 2.24) is 14.7 Å². The molecule has 0 aliphatic carbocycles. The van der Waals surface area contributed by atoms with E-state index in [1.54, 1.807) is 6.07 Å². The molecule has 1 unspecified atom stereocenters. The number of amides is 1. The van der Waals surface area contributed by atoms with Crippen LogP contribution in [0.4, 0.5) is 8.78 Å². The average Bonchev–Trinajstić information content (AvgIpc) is 2.99. The molecule has 0 fully saturated rings. The molecule has 0 radical (unpaired) electrons. The van der Waals surface area contributed by atoms with Gasteiger partial charge >= 0.3 is 0 Å². The van der Waals surface area contributed by atoms with Gasteiger partial charge < -0.3 is 10.0 Å². The fraction of sp³-hybridized carbons (Fsp3) is 0.429. The molecule has 0 spiro atoms. The lowest BCUT2D eigenvalue weighted by Crippen LogP contribution is -2.43. The van der Waals surface area contributed by atoms with E-state index in [1.807, 2.05) is 6.92 Å². The van der Waals surface area contributed by atoms with E-state index in [-0.39, 0.29) is 42.2 Å². The molecule has 158 valence electrons. The fourth-order valence-electron chi connectivity index (χ4n) is 4.11. The van der Waals surface area contributed by atoms with Gasteiger partial charge in [0.1, 0.15) is 11.3 Å². The molecule has 2 aliphatic rings. The Labute approximate surface area is 182 Å². The van der Waals surface area contributed by atoms with Gasteiger partial charge in [0.15, 0.2) is 0 Å². The second-order valence-corrected chi connectivity index (χ2v) is 8.74. The van der Waals surface area contributed by atoms with Crippen LogP contribution in [0.25, 0.3) is 0 Å². The zero-order valence-electron chi connectivity index (χ0n) is 16.1. The summed E-state index contributed by atoms with van der Waals surface area (Å²) in [6.45, 7) is 1.60. The molecule has 0 saturated carbocycles.